The van der Waals surface area contributed by atoms with Crippen molar-refractivity contribution in [2.24, 2.45) is 0 Å². The summed E-state index contributed by atoms with van der Waals surface area (Å²) in [6.45, 7) is 9.26. The highest BCUT2D eigenvalue weighted by atomic mass is 19.1. The van der Waals surface area contributed by atoms with E-state index in [9.17, 15) is 9.18 Å². The Balaban J connectivity index is 1.65. The van der Waals surface area contributed by atoms with Gasteiger partial charge < -0.3 is 19.1 Å². The lowest BCUT2D eigenvalue weighted by Gasteiger charge is -2.36. The molecule has 0 unspecified atom stereocenters. The highest BCUT2D eigenvalue weighted by Gasteiger charge is 2.27. The second kappa shape index (κ2) is 6.93. The molecule has 0 aliphatic carbocycles. The molecule has 0 radical (unpaired) electrons. The fraction of sp³-hybridized carbons (Fsp3) is 0.500. The van der Waals surface area contributed by atoms with Crippen LogP contribution >= 0.6 is 0 Å². The van der Waals surface area contributed by atoms with Crippen LogP contribution in [0, 0.1) is 12.7 Å². The zero-order chi connectivity index (χ0) is 18.9. The van der Waals surface area contributed by atoms with Gasteiger partial charge in [-0.15, -0.1) is 0 Å². The van der Waals surface area contributed by atoms with Crippen molar-refractivity contribution in [3.8, 4) is 11.5 Å². The van der Waals surface area contributed by atoms with E-state index < -0.39 is 5.60 Å². The molecule has 1 aliphatic heterocycles. The fourth-order valence-corrected chi connectivity index (χ4v) is 2.77. The van der Waals surface area contributed by atoms with Crippen molar-refractivity contribution >= 4 is 11.8 Å². The summed E-state index contributed by atoms with van der Waals surface area (Å²) in [4.78, 5) is 19.8. The van der Waals surface area contributed by atoms with Gasteiger partial charge in [-0.05, 0) is 45.9 Å². The van der Waals surface area contributed by atoms with Crippen LogP contribution in [-0.4, -0.2) is 52.9 Å². The molecule has 1 aromatic carbocycles. The molecule has 1 saturated heterocycles. The van der Waals surface area contributed by atoms with Crippen molar-refractivity contribution in [1.82, 2.24) is 15.0 Å². The van der Waals surface area contributed by atoms with Crippen molar-refractivity contribution in [2.45, 2.75) is 33.3 Å². The first-order valence-corrected chi connectivity index (χ1v) is 8.56. The Labute approximate surface area is 151 Å². The monoisotopic (exact) mass is 362 g/mol. The number of halogens is 1. The Kier molecular flexibility index (Phi) is 4.84. The van der Waals surface area contributed by atoms with Gasteiger partial charge in [0.25, 0.3) is 5.89 Å². The van der Waals surface area contributed by atoms with E-state index in [0.717, 1.165) is 0 Å². The Bertz CT molecular complexity index is 792. The summed E-state index contributed by atoms with van der Waals surface area (Å²) in [6.07, 6.45) is -0.334. The third-order valence-corrected chi connectivity index (χ3v) is 3.99. The van der Waals surface area contributed by atoms with Crippen molar-refractivity contribution in [1.29, 1.82) is 0 Å². The van der Waals surface area contributed by atoms with Gasteiger partial charge in [-0.1, -0.05) is 5.16 Å². The normalized spacial score (nSPS) is 15.3. The molecule has 2 aromatic rings. The Morgan fingerprint density at radius 1 is 1.23 bits per heavy atom. The lowest BCUT2D eigenvalue weighted by molar-refractivity contribution is 0.0240. The highest BCUT2D eigenvalue weighted by molar-refractivity contribution is 5.69. The number of hydrogen-bond acceptors (Lipinski definition) is 6. The van der Waals surface area contributed by atoms with Crippen LogP contribution in [0.25, 0.3) is 11.5 Å². The zero-order valence-corrected chi connectivity index (χ0v) is 15.5. The first-order valence-electron chi connectivity index (χ1n) is 8.56. The molecule has 3 rings (SSSR count). The minimum Gasteiger partial charge on any atom is -0.444 e. The van der Waals surface area contributed by atoms with Gasteiger partial charge in [0.1, 0.15) is 11.4 Å². The third kappa shape index (κ3) is 4.12. The molecule has 7 nitrogen and oxygen atoms in total. The van der Waals surface area contributed by atoms with E-state index >= 15 is 0 Å². The van der Waals surface area contributed by atoms with E-state index in [-0.39, 0.29) is 11.9 Å². The average Bonchev–Trinajstić information content (AvgIpc) is 3.00. The largest absolute Gasteiger partial charge is 0.444 e. The van der Waals surface area contributed by atoms with Crippen LogP contribution in [-0.2, 0) is 4.74 Å². The second-order valence-corrected chi connectivity index (χ2v) is 7.27. The minimum atomic E-state index is -0.525. The summed E-state index contributed by atoms with van der Waals surface area (Å²) in [6, 6.07) is 4.85. The van der Waals surface area contributed by atoms with E-state index in [1.54, 1.807) is 24.0 Å². The van der Waals surface area contributed by atoms with Gasteiger partial charge in [0.2, 0.25) is 0 Å². The maximum atomic E-state index is 14.6. The van der Waals surface area contributed by atoms with Gasteiger partial charge in [-0.2, -0.15) is 4.98 Å². The van der Waals surface area contributed by atoms with Gasteiger partial charge in [-0.3, -0.25) is 0 Å². The standard InChI is InChI=1S/C18H23FN4O3/c1-12-20-16(26-21-12)13-5-6-15(14(19)11-13)22-7-9-23(10-8-22)17(24)25-18(2,3)4/h5-6,11H,7-10H2,1-4H3. The van der Waals surface area contributed by atoms with Gasteiger partial charge in [0, 0.05) is 31.7 Å². The zero-order valence-electron chi connectivity index (χ0n) is 15.5. The molecule has 1 aromatic heterocycles. The Morgan fingerprint density at radius 2 is 1.92 bits per heavy atom. The van der Waals surface area contributed by atoms with Crippen molar-refractivity contribution in [3.63, 3.8) is 0 Å². The summed E-state index contributed by atoms with van der Waals surface area (Å²) >= 11 is 0. The maximum Gasteiger partial charge on any atom is 0.410 e. The molecular weight excluding hydrogens is 339 g/mol. The van der Waals surface area contributed by atoms with Crippen LogP contribution < -0.4 is 4.90 Å². The number of nitrogens with zero attached hydrogens (tertiary/aromatic N) is 4. The summed E-state index contributed by atoms with van der Waals surface area (Å²) in [7, 11) is 0. The average molecular weight is 362 g/mol. The van der Waals surface area contributed by atoms with Crippen molar-refractivity contribution in [3.05, 3.63) is 29.8 Å². The third-order valence-electron chi connectivity index (χ3n) is 3.99. The lowest BCUT2D eigenvalue weighted by atomic mass is 10.1. The van der Waals surface area contributed by atoms with Crippen LogP contribution in [0.15, 0.2) is 22.7 Å². The number of aryl methyl sites for hydroxylation is 1. The summed E-state index contributed by atoms with van der Waals surface area (Å²) < 4.78 is 25.0. The number of ether oxygens (including phenoxy) is 1. The quantitative estimate of drug-likeness (QED) is 0.817. The van der Waals surface area contributed by atoms with Crippen LogP contribution in [0.1, 0.15) is 26.6 Å². The number of piperazine rings is 1. The van der Waals surface area contributed by atoms with E-state index in [0.29, 0.717) is 49.1 Å². The predicted octanol–water partition coefficient (Wildman–Crippen LogP) is 3.24. The number of amides is 1. The molecular formula is C18H23FN4O3. The van der Waals surface area contributed by atoms with Gasteiger partial charge in [0.05, 0.1) is 5.69 Å². The SMILES string of the molecule is Cc1noc(-c2ccc(N3CCN(C(=O)OC(C)(C)C)CC3)c(F)c2)n1. The summed E-state index contributed by atoms with van der Waals surface area (Å²) in [5.41, 5.74) is 0.511. The van der Waals surface area contributed by atoms with E-state index in [4.69, 9.17) is 9.26 Å². The number of carbonyl (C=O) groups excluding carboxylic acids is 1. The van der Waals surface area contributed by atoms with Crippen molar-refractivity contribution in [2.75, 3.05) is 31.1 Å². The molecule has 2 heterocycles. The molecule has 0 saturated carbocycles. The minimum absolute atomic E-state index is 0.294. The molecule has 140 valence electrons. The first-order chi connectivity index (χ1) is 12.2. The molecule has 1 amide bonds. The van der Waals surface area contributed by atoms with Gasteiger partial charge in [0.15, 0.2) is 5.82 Å². The number of carbonyl (C=O) groups is 1. The molecule has 0 atom stereocenters. The van der Waals surface area contributed by atoms with Gasteiger partial charge >= 0.3 is 6.09 Å². The molecule has 1 aliphatic rings. The first kappa shape index (κ1) is 18.2. The highest BCUT2D eigenvalue weighted by Crippen LogP contribution is 2.26. The van der Waals surface area contributed by atoms with Crippen LogP contribution in [0.3, 0.4) is 0 Å². The molecule has 0 spiro atoms. The van der Waals surface area contributed by atoms with Crippen LogP contribution in [0.2, 0.25) is 0 Å². The Hall–Kier alpha value is -2.64. The molecule has 0 bridgehead atoms. The predicted molar refractivity (Wildman–Crippen MR) is 94.4 cm³/mol. The molecule has 1 fully saturated rings. The number of aromatic nitrogens is 2. The lowest BCUT2D eigenvalue weighted by Crippen LogP contribution is -2.50. The maximum absolute atomic E-state index is 14.6. The Morgan fingerprint density at radius 3 is 2.46 bits per heavy atom. The smallest absolute Gasteiger partial charge is 0.410 e. The van der Waals surface area contributed by atoms with E-state index in [1.165, 1.54) is 6.07 Å². The summed E-state index contributed by atoms with van der Waals surface area (Å²) in [5.74, 6) is 0.439. The number of anilines is 1. The molecule has 0 N–H and O–H groups in total. The van der Waals surface area contributed by atoms with Crippen molar-refractivity contribution < 1.29 is 18.4 Å². The summed E-state index contributed by atoms with van der Waals surface area (Å²) in [5, 5.41) is 3.72. The number of benzene rings is 1. The second-order valence-electron chi connectivity index (χ2n) is 7.27. The van der Waals surface area contributed by atoms with E-state index in [2.05, 4.69) is 10.1 Å². The molecule has 8 heteroatoms. The number of hydrogen-bond donors (Lipinski definition) is 0. The topological polar surface area (TPSA) is 71.7 Å². The van der Waals surface area contributed by atoms with Crippen LogP contribution in [0.4, 0.5) is 14.9 Å². The number of rotatable bonds is 2. The van der Waals surface area contributed by atoms with E-state index in [1.807, 2.05) is 25.7 Å². The van der Waals surface area contributed by atoms with Gasteiger partial charge in [-0.25, -0.2) is 9.18 Å². The fourth-order valence-electron chi connectivity index (χ4n) is 2.77. The molecule has 26 heavy (non-hydrogen) atoms. The van der Waals surface area contributed by atoms with Crippen LogP contribution in [0.5, 0.6) is 0 Å².